The molecule has 0 aliphatic heterocycles. The number of hydrogen-bond acceptors (Lipinski definition) is 9. The molecule has 0 radical (unpaired) electrons. The minimum Gasteiger partial charge on any atom is -0.493 e. The van der Waals surface area contributed by atoms with E-state index in [4.69, 9.17) is 32.5 Å². The van der Waals surface area contributed by atoms with Crippen molar-refractivity contribution in [2.45, 2.75) is 50.6 Å². The summed E-state index contributed by atoms with van der Waals surface area (Å²) in [6.45, 7) is 0.761. The maximum absolute atomic E-state index is 12.6. The van der Waals surface area contributed by atoms with Crippen LogP contribution < -0.4 is 36.9 Å². The number of nitrogens with two attached hydrogens (primary N) is 2. The van der Waals surface area contributed by atoms with Gasteiger partial charge in [-0.1, -0.05) is 41.6 Å². The van der Waals surface area contributed by atoms with E-state index in [1.165, 1.54) is 0 Å². The number of fused-ring (bicyclic) bond motifs is 2. The molecular formula is C39H42ClN7O6S. The quantitative estimate of drug-likeness (QED) is 0.0700. The van der Waals surface area contributed by atoms with Crippen LogP contribution in [0.5, 0.6) is 17.2 Å². The summed E-state index contributed by atoms with van der Waals surface area (Å²) in [5.41, 5.74) is 15.1. The van der Waals surface area contributed by atoms with E-state index in [0.29, 0.717) is 71.3 Å². The summed E-state index contributed by atoms with van der Waals surface area (Å²) in [4.78, 5) is 54.0. The number of carbonyl (C=O) groups is 4. The van der Waals surface area contributed by atoms with Gasteiger partial charge in [-0.15, -0.1) is 0 Å². The predicted molar refractivity (Wildman–Crippen MR) is 211 cm³/mol. The lowest BCUT2D eigenvalue weighted by molar-refractivity contribution is -0.119. The van der Waals surface area contributed by atoms with E-state index in [2.05, 4.69) is 20.9 Å². The number of carbonyl (C=O) groups excluding carboxylic acids is 4. The summed E-state index contributed by atoms with van der Waals surface area (Å²) < 4.78 is 14.1. The number of anilines is 1. The summed E-state index contributed by atoms with van der Waals surface area (Å²) in [6, 6.07) is 17.0. The fourth-order valence-corrected chi connectivity index (χ4v) is 6.82. The third-order valence-corrected chi connectivity index (χ3v) is 10.2. The normalized spacial score (nSPS) is 13.0. The molecule has 1 atom stereocenters. The van der Waals surface area contributed by atoms with Crippen LogP contribution in [0.2, 0.25) is 5.02 Å². The number of halogens is 1. The van der Waals surface area contributed by atoms with Gasteiger partial charge in [-0.3, -0.25) is 19.4 Å². The highest BCUT2D eigenvalue weighted by atomic mass is 35.5. The Morgan fingerprint density at radius 2 is 1.83 bits per heavy atom. The molecular weight excluding hydrogens is 730 g/mol. The first-order chi connectivity index (χ1) is 26.0. The first-order valence-corrected chi connectivity index (χ1v) is 19.0. The van der Waals surface area contributed by atoms with Crippen LogP contribution in [0.15, 0.2) is 73.1 Å². The number of amides is 4. The van der Waals surface area contributed by atoms with Gasteiger partial charge in [0.1, 0.15) is 17.2 Å². The van der Waals surface area contributed by atoms with E-state index in [9.17, 15) is 19.2 Å². The molecule has 54 heavy (non-hydrogen) atoms. The first kappa shape index (κ1) is 38.4. The van der Waals surface area contributed by atoms with Crippen LogP contribution in [0.3, 0.4) is 0 Å². The second-order valence-corrected chi connectivity index (χ2v) is 14.5. The Balaban J connectivity index is 0.931. The minimum atomic E-state index is -0.711. The molecule has 1 aliphatic carbocycles. The maximum atomic E-state index is 12.6. The lowest BCUT2D eigenvalue weighted by Crippen LogP contribution is -2.33. The standard InChI is InChI=1S/C39H42ClN7O6S/c1-47-21-23(26-7-3-4-8-33(26)47)17-30(41)38(50)54-22-36(48)44-14-5-2-6-16-52-35-20-32-27(19-28(35)37(42)49)34(13-15-43-32)53-25-11-12-31(29(40)18-25)46-39(51)45-24-9-10-24/h3-4,7-8,11-13,15,18-21,24,30H,2,5-6,9-10,14,16-17,22,41H2,1H3,(H2,42,49)(H,44,48)(H2,45,46,51)/t30-/m1/s1. The van der Waals surface area contributed by atoms with Crippen molar-refractivity contribution < 1.29 is 28.7 Å². The van der Waals surface area contributed by atoms with E-state index in [0.717, 1.165) is 47.5 Å². The molecule has 282 valence electrons. The average Bonchev–Trinajstić information content (AvgIpc) is 3.91. The Morgan fingerprint density at radius 1 is 1.02 bits per heavy atom. The number of aromatic nitrogens is 2. The molecule has 2 heterocycles. The van der Waals surface area contributed by atoms with Gasteiger partial charge >= 0.3 is 6.03 Å². The maximum Gasteiger partial charge on any atom is 0.319 e. The summed E-state index contributed by atoms with van der Waals surface area (Å²) in [7, 11) is 1.96. The van der Waals surface area contributed by atoms with Crippen LogP contribution in [-0.2, 0) is 23.1 Å². The van der Waals surface area contributed by atoms with Crippen molar-refractivity contribution in [1.82, 2.24) is 20.2 Å². The number of unbranched alkanes of at least 4 members (excludes halogenated alkanes) is 2. The van der Waals surface area contributed by atoms with E-state index in [1.54, 1.807) is 42.6 Å². The Morgan fingerprint density at radius 3 is 2.61 bits per heavy atom. The van der Waals surface area contributed by atoms with E-state index < -0.39 is 11.9 Å². The van der Waals surface area contributed by atoms with Gasteiger partial charge in [0.15, 0.2) is 0 Å². The molecule has 2 aromatic heterocycles. The van der Waals surface area contributed by atoms with Gasteiger partial charge in [-0.05, 0) is 74.4 Å². The van der Waals surface area contributed by atoms with Crippen molar-refractivity contribution in [3.8, 4) is 17.2 Å². The molecule has 0 spiro atoms. The average molecular weight is 772 g/mol. The van der Waals surface area contributed by atoms with Gasteiger partial charge in [0.05, 0.1) is 40.2 Å². The molecule has 3 aromatic carbocycles. The summed E-state index contributed by atoms with van der Waals surface area (Å²) in [5, 5.41) is 10.1. The fraction of sp³-hybridized carbons (Fsp3) is 0.308. The molecule has 4 amide bonds. The molecule has 13 nitrogen and oxygen atoms in total. The highest BCUT2D eigenvalue weighted by Gasteiger charge is 2.24. The number of para-hydroxylation sites is 1. The molecule has 0 bridgehead atoms. The van der Waals surface area contributed by atoms with Crippen LogP contribution in [0.4, 0.5) is 10.5 Å². The van der Waals surface area contributed by atoms with Gasteiger partial charge < -0.3 is 41.5 Å². The number of nitrogens with one attached hydrogen (secondary N) is 3. The largest absolute Gasteiger partial charge is 0.493 e. The SMILES string of the molecule is Cn1cc(C[C@@H](N)C(=O)SCC(=O)NCCCCCOc2cc3nccc(Oc4ccc(NC(=O)NC5CC5)c(Cl)c4)c3cc2C(N)=O)c2ccccc21. The minimum absolute atomic E-state index is 0.00172. The second-order valence-electron chi connectivity index (χ2n) is 13.1. The smallest absolute Gasteiger partial charge is 0.319 e. The fourth-order valence-electron chi connectivity index (χ4n) is 5.93. The van der Waals surface area contributed by atoms with Gasteiger partial charge in [0.25, 0.3) is 5.91 Å². The molecule has 6 rings (SSSR count). The highest BCUT2D eigenvalue weighted by Crippen LogP contribution is 2.35. The third kappa shape index (κ3) is 10.0. The molecule has 5 aromatic rings. The van der Waals surface area contributed by atoms with Gasteiger partial charge in [0, 0.05) is 60.4 Å². The zero-order chi connectivity index (χ0) is 38.2. The highest BCUT2D eigenvalue weighted by molar-refractivity contribution is 8.14. The Hall–Kier alpha value is -5.31. The van der Waals surface area contributed by atoms with Gasteiger partial charge in [0.2, 0.25) is 11.0 Å². The first-order valence-electron chi connectivity index (χ1n) is 17.7. The molecule has 15 heteroatoms. The van der Waals surface area contributed by atoms with Crippen molar-refractivity contribution in [1.29, 1.82) is 0 Å². The zero-order valence-corrected chi connectivity index (χ0v) is 31.3. The van der Waals surface area contributed by atoms with Crippen molar-refractivity contribution in [2.24, 2.45) is 18.5 Å². The number of nitrogens with zero attached hydrogens (tertiary/aromatic N) is 2. The monoisotopic (exact) mass is 771 g/mol. The van der Waals surface area contributed by atoms with Crippen LogP contribution in [0.25, 0.3) is 21.8 Å². The topological polar surface area (TPSA) is 193 Å². The van der Waals surface area contributed by atoms with Crippen LogP contribution in [0, 0.1) is 0 Å². The van der Waals surface area contributed by atoms with Crippen molar-refractivity contribution >= 4 is 73.8 Å². The number of thioether (sulfide) groups is 1. The molecule has 0 saturated heterocycles. The number of rotatable bonds is 17. The third-order valence-electron chi connectivity index (χ3n) is 8.87. The van der Waals surface area contributed by atoms with Crippen LogP contribution in [0.1, 0.15) is 48.0 Å². The number of primary amides is 1. The molecule has 1 aliphatic rings. The van der Waals surface area contributed by atoms with Crippen molar-refractivity contribution in [3.63, 3.8) is 0 Å². The summed E-state index contributed by atoms with van der Waals surface area (Å²) >= 11 is 7.35. The Kier molecular flexibility index (Phi) is 12.6. The summed E-state index contributed by atoms with van der Waals surface area (Å²) in [5.74, 6) is 0.245. The number of aryl methyl sites for hydroxylation is 1. The molecule has 0 unspecified atom stereocenters. The molecule has 1 saturated carbocycles. The Labute approximate surface area is 321 Å². The van der Waals surface area contributed by atoms with E-state index in [-0.39, 0.29) is 34.4 Å². The van der Waals surface area contributed by atoms with Gasteiger partial charge in [-0.2, -0.15) is 0 Å². The second kappa shape index (κ2) is 17.7. The van der Waals surface area contributed by atoms with Crippen LogP contribution >= 0.6 is 23.4 Å². The molecule has 1 fully saturated rings. The lowest BCUT2D eigenvalue weighted by Gasteiger charge is -2.14. The van der Waals surface area contributed by atoms with E-state index in [1.807, 2.05) is 42.1 Å². The van der Waals surface area contributed by atoms with Gasteiger partial charge in [-0.25, -0.2) is 4.79 Å². The number of urea groups is 1. The van der Waals surface area contributed by atoms with Crippen molar-refractivity contribution in [2.75, 3.05) is 24.2 Å². The van der Waals surface area contributed by atoms with Crippen molar-refractivity contribution in [3.05, 3.63) is 89.2 Å². The number of benzene rings is 3. The zero-order valence-electron chi connectivity index (χ0n) is 29.7. The summed E-state index contributed by atoms with van der Waals surface area (Å²) in [6.07, 6.45) is 8.02. The number of hydrogen-bond donors (Lipinski definition) is 5. The number of pyridine rings is 1. The number of ether oxygens (including phenoxy) is 2. The Bertz CT molecular complexity index is 2190. The molecule has 7 N–H and O–H groups in total. The van der Waals surface area contributed by atoms with E-state index >= 15 is 0 Å². The predicted octanol–water partition coefficient (Wildman–Crippen LogP) is 6.05. The lowest BCUT2D eigenvalue weighted by atomic mass is 10.1. The van der Waals surface area contributed by atoms with Crippen LogP contribution in [-0.4, -0.2) is 63.5 Å².